The molecule has 0 unspecified atom stereocenters. The third-order valence-electron chi connectivity index (χ3n) is 4.93. The average molecular weight is 407 g/mol. The van der Waals surface area contributed by atoms with Crippen molar-refractivity contribution in [3.63, 3.8) is 0 Å². The Morgan fingerprint density at radius 3 is 2.64 bits per heavy atom. The number of imide groups is 1. The first-order valence-corrected chi connectivity index (χ1v) is 9.57. The monoisotopic (exact) mass is 407 g/mol. The van der Waals surface area contributed by atoms with Gasteiger partial charge in [0.1, 0.15) is 11.4 Å². The molecule has 10 heteroatoms. The Balaban J connectivity index is 1.38. The molecule has 2 aliphatic rings. The molecule has 0 bridgehead atoms. The van der Waals surface area contributed by atoms with E-state index in [1.165, 1.54) is 17.0 Å². The molecular formula is C18H22FN5O3S. The number of thiocarbonyl (C=S) groups is 1. The highest BCUT2D eigenvalue weighted by Gasteiger charge is 2.51. The van der Waals surface area contributed by atoms with Gasteiger partial charge in [-0.05, 0) is 43.6 Å². The predicted molar refractivity (Wildman–Crippen MR) is 105 cm³/mol. The number of hydrazine groups is 1. The molecule has 2 fully saturated rings. The van der Waals surface area contributed by atoms with Gasteiger partial charge in [-0.1, -0.05) is 25.0 Å². The highest BCUT2D eigenvalue weighted by molar-refractivity contribution is 7.80. The molecule has 8 nitrogen and oxygen atoms in total. The zero-order valence-electron chi connectivity index (χ0n) is 15.2. The lowest BCUT2D eigenvalue weighted by molar-refractivity contribution is -0.131. The Morgan fingerprint density at radius 2 is 1.93 bits per heavy atom. The summed E-state index contributed by atoms with van der Waals surface area (Å²) in [7, 11) is 0. The van der Waals surface area contributed by atoms with Crippen LogP contribution in [0.3, 0.4) is 0 Å². The predicted octanol–water partition coefficient (Wildman–Crippen LogP) is 1.79. The topological polar surface area (TPSA) is 103 Å². The molecule has 1 saturated heterocycles. The van der Waals surface area contributed by atoms with Crippen molar-refractivity contribution >= 4 is 40.9 Å². The van der Waals surface area contributed by atoms with Crippen LogP contribution in [0, 0.1) is 5.82 Å². The van der Waals surface area contributed by atoms with Crippen LogP contribution in [0.25, 0.3) is 0 Å². The second-order valence-electron chi connectivity index (χ2n) is 6.89. The number of anilines is 1. The molecule has 28 heavy (non-hydrogen) atoms. The minimum atomic E-state index is -0.731. The normalized spacial score (nSPS) is 17.5. The Morgan fingerprint density at radius 1 is 1.21 bits per heavy atom. The Hall–Kier alpha value is -2.75. The van der Waals surface area contributed by atoms with Crippen LogP contribution < -0.4 is 21.5 Å². The molecule has 0 aromatic heterocycles. The molecule has 150 valence electrons. The van der Waals surface area contributed by atoms with Gasteiger partial charge in [0, 0.05) is 13.0 Å². The van der Waals surface area contributed by atoms with Crippen LogP contribution in [0.2, 0.25) is 0 Å². The lowest BCUT2D eigenvalue weighted by atomic mass is 9.98. The zero-order valence-corrected chi connectivity index (χ0v) is 16.0. The molecule has 0 atom stereocenters. The summed E-state index contributed by atoms with van der Waals surface area (Å²) < 4.78 is 13.5. The molecule has 0 radical (unpaired) electrons. The van der Waals surface area contributed by atoms with Crippen molar-refractivity contribution in [3.05, 3.63) is 30.1 Å². The number of carbonyl (C=O) groups excluding carboxylic acids is 3. The summed E-state index contributed by atoms with van der Waals surface area (Å²) in [5, 5.41) is 5.47. The van der Waals surface area contributed by atoms with Crippen LogP contribution in [-0.4, -0.2) is 39.9 Å². The van der Waals surface area contributed by atoms with Crippen LogP contribution in [0.5, 0.6) is 0 Å². The zero-order chi connectivity index (χ0) is 20.1. The fraction of sp³-hybridized carbons (Fsp3) is 0.444. The molecule has 3 rings (SSSR count). The van der Waals surface area contributed by atoms with Crippen LogP contribution in [0.1, 0.15) is 38.5 Å². The van der Waals surface area contributed by atoms with Crippen LogP contribution in [0.15, 0.2) is 24.3 Å². The lowest BCUT2D eigenvalue weighted by Gasteiger charge is -2.20. The minimum absolute atomic E-state index is 0.0377. The van der Waals surface area contributed by atoms with E-state index in [-0.39, 0.29) is 41.6 Å². The molecule has 1 aromatic carbocycles. The van der Waals surface area contributed by atoms with E-state index < -0.39 is 11.4 Å². The van der Waals surface area contributed by atoms with E-state index in [4.69, 9.17) is 12.2 Å². The van der Waals surface area contributed by atoms with Crippen molar-refractivity contribution in [3.8, 4) is 0 Å². The number of urea groups is 1. The van der Waals surface area contributed by atoms with Crippen molar-refractivity contribution in [2.45, 2.75) is 44.1 Å². The number of para-hydroxylation sites is 1. The first-order chi connectivity index (χ1) is 13.4. The van der Waals surface area contributed by atoms with E-state index in [0.29, 0.717) is 19.3 Å². The number of halogens is 1. The molecule has 1 spiro atoms. The van der Waals surface area contributed by atoms with E-state index in [2.05, 4.69) is 21.5 Å². The maximum absolute atomic E-state index is 13.5. The van der Waals surface area contributed by atoms with E-state index in [1.807, 2.05) is 0 Å². The summed E-state index contributed by atoms with van der Waals surface area (Å²) in [5.74, 6) is -1.02. The van der Waals surface area contributed by atoms with Gasteiger partial charge < -0.3 is 10.6 Å². The van der Waals surface area contributed by atoms with Crippen LogP contribution >= 0.6 is 12.2 Å². The van der Waals surface area contributed by atoms with Crippen LogP contribution in [0.4, 0.5) is 14.9 Å². The van der Waals surface area contributed by atoms with Gasteiger partial charge in [0.25, 0.3) is 5.91 Å². The lowest BCUT2D eigenvalue weighted by Crippen LogP contribution is -2.44. The number of benzene rings is 1. The molecule has 4 N–H and O–H groups in total. The SMILES string of the molecule is O=C(CCCN1C(=O)NC2(CCCC2)C1=O)NNC(=S)Nc1ccccc1F. The molecule has 1 aliphatic heterocycles. The van der Waals surface area contributed by atoms with Gasteiger partial charge in [-0.3, -0.25) is 25.3 Å². The number of nitrogens with zero attached hydrogens (tertiary/aromatic N) is 1. The van der Waals surface area contributed by atoms with Crippen molar-refractivity contribution in [2.24, 2.45) is 0 Å². The minimum Gasteiger partial charge on any atom is -0.329 e. The van der Waals surface area contributed by atoms with Gasteiger partial charge in [-0.25, -0.2) is 9.18 Å². The van der Waals surface area contributed by atoms with E-state index in [1.54, 1.807) is 12.1 Å². The summed E-state index contributed by atoms with van der Waals surface area (Å²) in [5.41, 5.74) is 4.35. The third-order valence-corrected chi connectivity index (χ3v) is 5.13. The number of hydrogen-bond donors (Lipinski definition) is 4. The fourth-order valence-corrected chi connectivity index (χ4v) is 3.66. The van der Waals surface area contributed by atoms with Gasteiger partial charge in [0.05, 0.1) is 5.69 Å². The molecular weight excluding hydrogens is 385 g/mol. The summed E-state index contributed by atoms with van der Waals surface area (Å²) in [6, 6.07) is 5.62. The quantitative estimate of drug-likeness (QED) is 0.337. The fourth-order valence-electron chi connectivity index (χ4n) is 3.50. The highest BCUT2D eigenvalue weighted by atomic mass is 32.1. The van der Waals surface area contributed by atoms with Gasteiger partial charge in [-0.2, -0.15) is 0 Å². The van der Waals surface area contributed by atoms with Gasteiger partial charge in [-0.15, -0.1) is 0 Å². The molecule has 1 aliphatic carbocycles. The first-order valence-electron chi connectivity index (χ1n) is 9.16. The maximum Gasteiger partial charge on any atom is 0.325 e. The van der Waals surface area contributed by atoms with Crippen molar-refractivity contribution in [2.75, 3.05) is 11.9 Å². The Kier molecular flexibility index (Phi) is 6.08. The Bertz CT molecular complexity index is 797. The average Bonchev–Trinajstić information content (AvgIpc) is 3.22. The maximum atomic E-state index is 13.5. The van der Waals surface area contributed by atoms with E-state index in [0.717, 1.165) is 12.8 Å². The van der Waals surface area contributed by atoms with Gasteiger partial charge >= 0.3 is 6.03 Å². The number of hydrogen-bond acceptors (Lipinski definition) is 4. The number of amides is 4. The van der Waals surface area contributed by atoms with E-state index >= 15 is 0 Å². The third kappa shape index (κ3) is 4.38. The molecule has 1 heterocycles. The molecule has 4 amide bonds. The molecule has 1 aromatic rings. The largest absolute Gasteiger partial charge is 0.329 e. The second-order valence-corrected chi connectivity index (χ2v) is 7.30. The van der Waals surface area contributed by atoms with Gasteiger partial charge in [0.2, 0.25) is 5.91 Å². The summed E-state index contributed by atoms with van der Waals surface area (Å²) in [6.07, 6.45) is 3.62. The highest BCUT2D eigenvalue weighted by Crippen LogP contribution is 2.35. The molecule has 1 saturated carbocycles. The van der Waals surface area contributed by atoms with Crippen LogP contribution in [-0.2, 0) is 9.59 Å². The van der Waals surface area contributed by atoms with Gasteiger partial charge in [0.15, 0.2) is 5.11 Å². The number of carbonyl (C=O) groups is 3. The van der Waals surface area contributed by atoms with E-state index in [9.17, 15) is 18.8 Å². The van der Waals surface area contributed by atoms with Crippen molar-refractivity contribution < 1.29 is 18.8 Å². The Labute approximate surface area is 167 Å². The smallest absolute Gasteiger partial charge is 0.325 e. The summed E-state index contributed by atoms with van der Waals surface area (Å²) in [6.45, 7) is 0.178. The second kappa shape index (κ2) is 8.51. The summed E-state index contributed by atoms with van der Waals surface area (Å²) in [4.78, 5) is 37.7. The van der Waals surface area contributed by atoms with Crippen molar-refractivity contribution in [1.29, 1.82) is 0 Å². The van der Waals surface area contributed by atoms with Crippen molar-refractivity contribution in [1.82, 2.24) is 21.1 Å². The summed E-state index contributed by atoms with van der Waals surface area (Å²) >= 11 is 4.99. The first kappa shape index (κ1) is 20.0. The standard InChI is InChI=1S/C18H22FN5O3S/c19-12-6-1-2-7-13(12)20-16(28)23-22-14(25)8-5-11-24-15(26)18(21-17(24)27)9-3-4-10-18/h1-2,6-7H,3-5,8-11H2,(H,21,27)(H,22,25)(H2,20,23,28). The number of rotatable bonds is 5. The number of nitrogens with one attached hydrogen (secondary N) is 4.